The Balaban J connectivity index is 0.938. The molecule has 13 aromatic carbocycles. The molecule has 0 radical (unpaired) electrons. The first kappa shape index (κ1) is 45.2. The van der Waals surface area contributed by atoms with Crippen molar-refractivity contribution in [2.75, 3.05) is 4.90 Å². The molecule has 0 amide bonds. The molecule has 0 N–H and O–H groups in total. The van der Waals surface area contributed by atoms with E-state index in [0.717, 1.165) is 17.1 Å². The Hall–Kier alpha value is -10.5. The minimum atomic E-state index is -0.635. The summed E-state index contributed by atoms with van der Waals surface area (Å²) in [6.45, 7) is 0. The molecule has 1 unspecified atom stereocenters. The molecule has 0 saturated carbocycles. The number of hydrogen-bond donors (Lipinski definition) is 0. The summed E-state index contributed by atoms with van der Waals surface area (Å²) >= 11 is 0. The molecular weight excluding hydrogens is 1000 g/mol. The van der Waals surface area contributed by atoms with E-state index in [9.17, 15) is 0 Å². The Labute approximate surface area is 482 Å². The molecule has 19 rings (SSSR count). The highest BCUT2D eigenvalue weighted by Gasteiger charge is 2.54. The van der Waals surface area contributed by atoms with Gasteiger partial charge in [0.05, 0.1) is 38.7 Å². The van der Waals surface area contributed by atoms with Crippen LogP contribution in [0.25, 0.3) is 72.0 Å². The number of benzene rings is 13. The van der Waals surface area contributed by atoms with Crippen LogP contribution < -0.4 is 4.90 Å². The van der Waals surface area contributed by atoms with Crippen LogP contribution >= 0.6 is 0 Å². The predicted molar refractivity (Wildman–Crippen MR) is 340 cm³/mol. The second kappa shape index (κ2) is 16.3. The molecule has 1 atom stereocenters. The van der Waals surface area contributed by atoms with Gasteiger partial charge in [0.2, 0.25) is 0 Å². The number of para-hydroxylation sites is 3. The summed E-state index contributed by atoms with van der Waals surface area (Å²) in [5.74, 6) is 0. The summed E-state index contributed by atoms with van der Waals surface area (Å²) in [4.78, 5) is 2.63. The quantitative estimate of drug-likeness (QED) is 0.167. The Morgan fingerprint density at radius 2 is 0.651 bits per heavy atom. The Bertz CT molecular complexity index is 4910. The van der Waals surface area contributed by atoms with E-state index in [1.807, 2.05) is 0 Å². The van der Waals surface area contributed by atoms with Gasteiger partial charge < -0.3 is 9.47 Å². The summed E-state index contributed by atoms with van der Waals surface area (Å²) < 4.78 is 2.54. The lowest BCUT2D eigenvalue weighted by Crippen LogP contribution is -2.33. The van der Waals surface area contributed by atoms with Gasteiger partial charge in [0.25, 0.3) is 0 Å². The minimum Gasteiger partial charge on any atom is -0.310 e. The zero-order valence-electron chi connectivity index (χ0n) is 45.3. The topological polar surface area (TPSA) is 8.17 Å². The maximum absolute atomic E-state index is 2.63. The third-order valence-electron chi connectivity index (χ3n) is 19.9. The van der Waals surface area contributed by atoms with Crippen molar-refractivity contribution in [3.63, 3.8) is 0 Å². The van der Waals surface area contributed by atoms with Gasteiger partial charge in [0.15, 0.2) is 0 Å². The molecule has 384 valence electrons. The fraction of sp³-hybridized carbons (Fsp3) is 0.0370. The molecule has 14 aromatic rings. The number of anilines is 3. The normalized spacial score (nSPS) is 16.0. The van der Waals surface area contributed by atoms with Crippen LogP contribution in [0.3, 0.4) is 0 Å². The van der Waals surface area contributed by atoms with E-state index in [4.69, 9.17) is 0 Å². The van der Waals surface area contributed by atoms with Gasteiger partial charge in [-0.1, -0.05) is 261 Å². The van der Waals surface area contributed by atoms with Gasteiger partial charge in [-0.2, -0.15) is 0 Å². The van der Waals surface area contributed by atoms with Gasteiger partial charge in [-0.05, 0) is 148 Å². The van der Waals surface area contributed by atoms with Gasteiger partial charge in [0, 0.05) is 27.7 Å². The lowest BCUT2D eigenvalue weighted by atomic mass is 9.65. The third-order valence-corrected chi connectivity index (χ3v) is 19.9. The lowest BCUT2D eigenvalue weighted by Gasteiger charge is -2.39. The van der Waals surface area contributed by atoms with Crippen molar-refractivity contribution in [2.24, 2.45) is 0 Å². The van der Waals surface area contributed by atoms with Crippen LogP contribution in [0.15, 0.2) is 303 Å². The average Bonchev–Trinajstić information content (AvgIpc) is 2.27. The molecule has 4 aliphatic carbocycles. The summed E-state index contributed by atoms with van der Waals surface area (Å²) in [5.41, 5.74) is 31.0. The smallest absolute Gasteiger partial charge is 0.0755 e. The average molecular weight is 1050 g/mol. The van der Waals surface area contributed by atoms with Crippen molar-refractivity contribution >= 4 is 38.9 Å². The maximum atomic E-state index is 2.63. The van der Waals surface area contributed by atoms with Crippen LogP contribution in [0, 0.1) is 0 Å². The van der Waals surface area contributed by atoms with Crippen LogP contribution in [-0.2, 0) is 16.2 Å². The van der Waals surface area contributed by atoms with Crippen LogP contribution in [-0.4, -0.2) is 4.57 Å². The molecule has 2 nitrogen and oxygen atoms in total. The van der Waals surface area contributed by atoms with Gasteiger partial charge in [-0.25, -0.2) is 0 Å². The van der Waals surface area contributed by atoms with Crippen molar-refractivity contribution in [3.05, 3.63) is 370 Å². The number of hydrogen-bond acceptors (Lipinski definition) is 1. The second-order valence-electron chi connectivity index (χ2n) is 23.3. The highest BCUT2D eigenvalue weighted by molar-refractivity contribution is 6.13. The van der Waals surface area contributed by atoms with Gasteiger partial charge in [-0.3, -0.25) is 0 Å². The van der Waals surface area contributed by atoms with Crippen LogP contribution in [0.5, 0.6) is 0 Å². The lowest BCUT2D eigenvalue weighted by molar-refractivity contribution is 0.748. The fourth-order valence-electron chi connectivity index (χ4n) is 17.0. The maximum Gasteiger partial charge on any atom is 0.0755 e. The largest absolute Gasteiger partial charge is 0.310 e. The minimum absolute atomic E-state index is 0.533. The van der Waals surface area contributed by atoms with Crippen molar-refractivity contribution in [3.8, 4) is 50.2 Å². The highest BCUT2D eigenvalue weighted by atomic mass is 15.1. The molecule has 1 aromatic heterocycles. The van der Waals surface area contributed by atoms with E-state index in [0.29, 0.717) is 0 Å². The Morgan fingerprint density at radius 1 is 0.253 bits per heavy atom. The zero-order chi connectivity index (χ0) is 54.2. The number of nitrogens with zero attached hydrogens (tertiary/aromatic N) is 2. The molecular formula is C81H50N2. The van der Waals surface area contributed by atoms with E-state index in [2.05, 4.69) is 313 Å². The highest BCUT2D eigenvalue weighted by Crippen LogP contribution is 2.67. The summed E-state index contributed by atoms with van der Waals surface area (Å²) in [7, 11) is 0. The Morgan fingerprint density at radius 3 is 1.24 bits per heavy atom. The van der Waals surface area contributed by atoms with E-state index in [-0.39, 0.29) is 0 Å². The summed E-state index contributed by atoms with van der Waals surface area (Å²) in [5, 5.41) is 2.55. The molecule has 5 aliphatic rings. The standard InChI is InChI=1S/C81H50N2/c1-3-23-51(24-4-1)79(52-25-5-2-6-26-52)64-34-13-7-29-57(64)59-47-45-53(49-72(59)79)82(54-46-48-60-58-30-10-16-37-67(58)80(73(60)50-54)65-35-14-8-27-55(65)56-28-9-15-36-66(56)80)76-44-22-40-70-77(76)63-32-11-17-38-68(63)81(70)69-39-18-20-43-75(69)83-74-42-19-12-31-61(74)62-33-21-41-71(81)78(62)83/h1-50H. The molecule has 0 saturated heterocycles. The van der Waals surface area contributed by atoms with E-state index in [1.54, 1.807) is 0 Å². The molecule has 2 heteroatoms. The third kappa shape index (κ3) is 5.41. The monoisotopic (exact) mass is 1050 g/mol. The van der Waals surface area contributed by atoms with Crippen LogP contribution in [0.1, 0.15) is 66.8 Å². The second-order valence-corrected chi connectivity index (χ2v) is 23.3. The first-order valence-corrected chi connectivity index (χ1v) is 29.2. The van der Waals surface area contributed by atoms with Crippen molar-refractivity contribution in [1.82, 2.24) is 4.57 Å². The van der Waals surface area contributed by atoms with Crippen molar-refractivity contribution in [2.45, 2.75) is 16.2 Å². The van der Waals surface area contributed by atoms with Gasteiger partial charge >= 0.3 is 0 Å². The molecule has 1 aliphatic heterocycles. The molecule has 0 fully saturated rings. The summed E-state index contributed by atoms with van der Waals surface area (Å²) in [6, 6.07) is 116. The van der Waals surface area contributed by atoms with E-state index in [1.165, 1.54) is 139 Å². The predicted octanol–water partition coefficient (Wildman–Crippen LogP) is 19.6. The van der Waals surface area contributed by atoms with Crippen LogP contribution in [0.4, 0.5) is 17.1 Å². The summed E-state index contributed by atoms with van der Waals surface area (Å²) in [6.07, 6.45) is 0. The van der Waals surface area contributed by atoms with Crippen LogP contribution in [0.2, 0.25) is 0 Å². The fourth-order valence-corrected chi connectivity index (χ4v) is 17.0. The zero-order valence-corrected chi connectivity index (χ0v) is 45.3. The molecule has 2 heterocycles. The first-order valence-electron chi connectivity index (χ1n) is 29.2. The number of fused-ring (bicyclic) bond motifs is 25. The number of rotatable bonds is 5. The van der Waals surface area contributed by atoms with Gasteiger partial charge in [-0.15, -0.1) is 0 Å². The molecule has 0 bridgehead atoms. The number of aromatic nitrogens is 1. The van der Waals surface area contributed by atoms with Crippen molar-refractivity contribution < 1.29 is 0 Å². The van der Waals surface area contributed by atoms with E-state index >= 15 is 0 Å². The van der Waals surface area contributed by atoms with E-state index < -0.39 is 16.2 Å². The first-order chi connectivity index (χ1) is 41.2. The van der Waals surface area contributed by atoms with Gasteiger partial charge in [0.1, 0.15) is 0 Å². The van der Waals surface area contributed by atoms with Crippen molar-refractivity contribution in [1.29, 1.82) is 0 Å². The Kier molecular flexibility index (Phi) is 8.89. The molecule has 83 heavy (non-hydrogen) atoms. The molecule has 2 spiro atoms. The SMILES string of the molecule is c1ccc(C2(c3ccccc3)c3ccccc3-c3ccc(N(c4ccc5c(c4)C4(c6ccccc6-c6ccccc64)c4ccccc4-5)c4cccc5c4-c4ccccc4C54c5ccccc5-n5c6ccccc6c6cccc4c65)cc32)cc1.